The molecule has 0 radical (unpaired) electrons. The molecule has 208 valence electrons. The molecule has 0 aromatic heterocycles. The lowest BCUT2D eigenvalue weighted by Gasteiger charge is -2.35. The first-order valence-corrected chi connectivity index (χ1v) is 15.6. The Labute approximate surface area is 236 Å². The predicted octanol–water partition coefficient (Wildman–Crippen LogP) is 5.63. The smallest absolute Gasteiger partial charge is 0.244 e. The number of hydrogen-bond acceptors (Lipinski definition) is 4. The molecule has 1 saturated carbocycles. The number of anilines is 1. The average molecular weight is 583 g/mol. The molecule has 2 aromatic carbocycles. The number of carbonyl (C=O) groups excluding carboxylic acids is 2. The SMILES string of the molecule is CC[C@@H](C(=O)NC1CCCCC1)N(Cc1c(Cl)cccc1Cl)C(=O)CN(c1c(C)cccc1C)S(C)(=O)=O. The molecular formula is C28H37Cl2N3O4S. The van der Waals surface area contributed by atoms with E-state index in [9.17, 15) is 18.0 Å². The number of carbonyl (C=O) groups is 2. The van der Waals surface area contributed by atoms with Gasteiger partial charge >= 0.3 is 0 Å². The normalized spacial score (nSPS) is 15.1. The lowest BCUT2D eigenvalue weighted by molar-refractivity contribution is -0.140. The van der Waals surface area contributed by atoms with Gasteiger partial charge in [0.1, 0.15) is 12.6 Å². The summed E-state index contributed by atoms with van der Waals surface area (Å²) in [4.78, 5) is 28.9. The van der Waals surface area contributed by atoms with E-state index in [2.05, 4.69) is 5.32 Å². The van der Waals surface area contributed by atoms with Crippen molar-refractivity contribution in [1.29, 1.82) is 0 Å². The van der Waals surface area contributed by atoms with Crippen molar-refractivity contribution in [2.24, 2.45) is 0 Å². The highest BCUT2D eigenvalue weighted by atomic mass is 35.5. The minimum atomic E-state index is -3.82. The zero-order valence-corrected chi connectivity index (χ0v) is 24.8. The predicted molar refractivity (Wildman–Crippen MR) is 154 cm³/mol. The lowest BCUT2D eigenvalue weighted by Crippen LogP contribution is -2.54. The summed E-state index contributed by atoms with van der Waals surface area (Å²) in [5, 5.41) is 3.86. The van der Waals surface area contributed by atoms with Gasteiger partial charge in [-0.25, -0.2) is 8.42 Å². The minimum absolute atomic E-state index is 0.0295. The quantitative estimate of drug-likeness (QED) is 0.393. The van der Waals surface area contributed by atoms with Crippen LogP contribution in [0.15, 0.2) is 36.4 Å². The molecule has 0 spiro atoms. The summed E-state index contributed by atoms with van der Waals surface area (Å²) in [7, 11) is -3.82. The first-order chi connectivity index (χ1) is 17.9. The van der Waals surface area contributed by atoms with Crippen molar-refractivity contribution in [3.8, 4) is 0 Å². The zero-order chi connectivity index (χ0) is 28.0. The first kappa shape index (κ1) is 30.3. The largest absolute Gasteiger partial charge is 0.352 e. The van der Waals surface area contributed by atoms with Crippen molar-refractivity contribution in [3.05, 3.63) is 63.1 Å². The van der Waals surface area contributed by atoms with Gasteiger partial charge in [0.2, 0.25) is 21.8 Å². The van der Waals surface area contributed by atoms with E-state index in [-0.39, 0.29) is 18.5 Å². The summed E-state index contributed by atoms with van der Waals surface area (Å²) < 4.78 is 27.0. The number of amides is 2. The van der Waals surface area contributed by atoms with Crippen LogP contribution in [0.5, 0.6) is 0 Å². The molecule has 1 atom stereocenters. The second-order valence-corrected chi connectivity index (χ2v) is 12.7. The third-order valence-electron chi connectivity index (χ3n) is 7.10. The number of nitrogens with one attached hydrogen (secondary N) is 1. The van der Waals surface area contributed by atoms with E-state index in [0.29, 0.717) is 27.7 Å². The Morgan fingerprint density at radius 2 is 1.55 bits per heavy atom. The van der Waals surface area contributed by atoms with Crippen LogP contribution in [-0.2, 0) is 26.2 Å². The summed E-state index contributed by atoms with van der Waals surface area (Å²) >= 11 is 12.9. The van der Waals surface area contributed by atoms with E-state index in [0.717, 1.165) is 53.8 Å². The van der Waals surface area contributed by atoms with Crippen LogP contribution < -0.4 is 9.62 Å². The molecule has 0 unspecified atom stereocenters. The first-order valence-electron chi connectivity index (χ1n) is 13.0. The van der Waals surface area contributed by atoms with Gasteiger partial charge < -0.3 is 10.2 Å². The van der Waals surface area contributed by atoms with Gasteiger partial charge in [-0.2, -0.15) is 0 Å². The highest BCUT2D eigenvalue weighted by molar-refractivity contribution is 7.92. The molecule has 1 N–H and O–H groups in total. The monoisotopic (exact) mass is 581 g/mol. The van der Waals surface area contributed by atoms with E-state index in [1.165, 1.54) is 4.90 Å². The maximum atomic E-state index is 14.0. The molecular weight excluding hydrogens is 545 g/mol. The van der Waals surface area contributed by atoms with Gasteiger partial charge in [0.05, 0.1) is 11.9 Å². The fourth-order valence-electron chi connectivity index (χ4n) is 5.09. The Balaban J connectivity index is 2.00. The molecule has 3 rings (SSSR count). The molecule has 1 aliphatic carbocycles. The number of para-hydroxylation sites is 1. The van der Waals surface area contributed by atoms with Crippen LogP contribution in [0.1, 0.15) is 62.1 Å². The number of aryl methyl sites for hydroxylation is 2. The minimum Gasteiger partial charge on any atom is -0.352 e. The fourth-order valence-corrected chi connectivity index (χ4v) is 6.57. The van der Waals surface area contributed by atoms with Crippen molar-refractivity contribution in [2.45, 2.75) is 77.9 Å². The van der Waals surface area contributed by atoms with Crippen LogP contribution in [0.25, 0.3) is 0 Å². The van der Waals surface area contributed by atoms with E-state index >= 15 is 0 Å². The Hall–Kier alpha value is -2.29. The van der Waals surface area contributed by atoms with Gasteiger partial charge in [-0.3, -0.25) is 13.9 Å². The van der Waals surface area contributed by atoms with Gasteiger partial charge in [-0.15, -0.1) is 0 Å². The molecule has 38 heavy (non-hydrogen) atoms. The van der Waals surface area contributed by atoms with Crippen molar-refractivity contribution in [1.82, 2.24) is 10.2 Å². The standard InChI is InChI=1S/C28H37Cl2N3O4S/c1-5-25(28(35)31-21-13-7-6-8-14-21)32(17-22-23(29)15-10-16-24(22)30)26(34)18-33(38(4,36)37)27-19(2)11-9-12-20(27)3/h9-12,15-16,21,25H,5-8,13-14,17-18H2,1-4H3,(H,31,35)/t25-/m0/s1. The molecule has 0 bridgehead atoms. The van der Waals surface area contributed by atoms with Crippen molar-refractivity contribution < 1.29 is 18.0 Å². The molecule has 2 aromatic rings. The Kier molecular flexibility index (Phi) is 10.5. The summed E-state index contributed by atoms with van der Waals surface area (Å²) in [6.45, 7) is 4.95. The number of sulfonamides is 1. The van der Waals surface area contributed by atoms with Gasteiger partial charge in [0.25, 0.3) is 0 Å². The number of halogens is 2. The third-order valence-corrected chi connectivity index (χ3v) is 8.92. The zero-order valence-electron chi connectivity index (χ0n) is 22.5. The maximum absolute atomic E-state index is 14.0. The Morgan fingerprint density at radius 1 is 1.00 bits per heavy atom. The van der Waals surface area contributed by atoms with Gasteiger partial charge in [-0.05, 0) is 56.4 Å². The molecule has 1 aliphatic rings. The van der Waals surface area contributed by atoms with Crippen molar-refractivity contribution >= 4 is 50.7 Å². The number of hydrogen-bond donors (Lipinski definition) is 1. The van der Waals surface area contributed by atoms with Gasteiger partial charge in [0, 0.05) is 28.2 Å². The summed E-state index contributed by atoms with van der Waals surface area (Å²) in [6, 6.07) is 9.74. The molecule has 10 heteroatoms. The van der Waals surface area contributed by atoms with E-state index in [1.54, 1.807) is 44.2 Å². The Morgan fingerprint density at radius 3 is 2.08 bits per heavy atom. The fraction of sp³-hybridized carbons (Fsp3) is 0.500. The van der Waals surface area contributed by atoms with E-state index < -0.39 is 28.5 Å². The molecule has 1 fully saturated rings. The van der Waals surface area contributed by atoms with Crippen molar-refractivity contribution in [2.75, 3.05) is 17.1 Å². The molecule has 2 amide bonds. The highest BCUT2D eigenvalue weighted by Gasteiger charge is 2.34. The van der Waals surface area contributed by atoms with Gasteiger partial charge in [-0.1, -0.05) is 73.7 Å². The average Bonchev–Trinajstić information content (AvgIpc) is 2.84. The number of benzene rings is 2. The van der Waals surface area contributed by atoms with Crippen LogP contribution >= 0.6 is 23.2 Å². The molecule has 0 heterocycles. The lowest BCUT2D eigenvalue weighted by atomic mass is 9.95. The number of nitrogens with zero attached hydrogens (tertiary/aromatic N) is 2. The third kappa shape index (κ3) is 7.42. The van der Waals surface area contributed by atoms with Crippen molar-refractivity contribution in [3.63, 3.8) is 0 Å². The molecule has 0 aliphatic heterocycles. The van der Waals surface area contributed by atoms with Crippen LogP contribution in [-0.4, -0.2) is 50.0 Å². The van der Waals surface area contributed by atoms with Crippen LogP contribution in [0.3, 0.4) is 0 Å². The second kappa shape index (κ2) is 13.2. The maximum Gasteiger partial charge on any atom is 0.244 e. The van der Waals surface area contributed by atoms with Crippen LogP contribution in [0.4, 0.5) is 5.69 Å². The highest BCUT2D eigenvalue weighted by Crippen LogP contribution is 2.30. The topological polar surface area (TPSA) is 86.8 Å². The van der Waals surface area contributed by atoms with Crippen LogP contribution in [0, 0.1) is 13.8 Å². The second-order valence-electron chi connectivity index (χ2n) is 10.00. The Bertz CT molecular complexity index is 1220. The summed E-state index contributed by atoms with van der Waals surface area (Å²) in [6.07, 6.45) is 6.49. The van der Waals surface area contributed by atoms with Gasteiger partial charge in [0.15, 0.2) is 0 Å². The number of rotatable bonds is 10. The molecule has 0 saturated heterocycles. The van der Waals surface area contributed by atoms with Crippen LogP contribution in [0.2, 0.25) is 10.0 Å². The van der Waals surface area contributed by atoms with E-state index in [1.807, 2.05) is 13.0 Å². The summed E-state index contributed by atoms with van der Waals surface area (Å²) in [5.74, 6) is -0.770. The van der Waals surface area contributed by atoms with E-state index in [4.69, 9.17) is 23.2 Å². The molecule has 7 nitrogen and oxygen atoms in total. The summed E-state index contributed by atoms with van der Waals surface area (Å²) in [5.41, 5.74) is 2.42.